The van der Waals surface area contributed by atoms with Crippen molar-refractivity contribution in [2.24, 2.45) is 0 Å². The monoisotopic (exact) mass is 342 g/mol. The first-order chi connectivity index (χ1) is 12.0. The molecule has 0 aromatic heterocycles. The summed E-state index contributed by atoms with van der Waals surface area (Å²) in [7, 11) is 1.48. The van der Waals surface area contributed by atoms with E-state index in [1.165, 1.54) is 31.4 Å². The van der Waals surface area contributed by atoms with E-state index in [0.29, 0.717) is 17.2 Å². The second-order valence-corrected chi connectivity index (χ2v) is 5.16. The zero-order valence-corrected chi connectivity index (χ0v) is 13.2. The van der Waals surface area contributed by atoms with Crippen molar-refractivity contribution in [3.8, 4) is 17.2 Å². The predicted molar refractivity (Wildman–Crippen MR) is 87.6 cm³/mol. The van der Waals surface area contributed by atoms with Gasteiger partial charge in [0, 0.05) is 0 Å². The minimum absolute atomic E-state index is 0.0369. The van der Waals surface area contributed by atoms with Crippen LogP contribution in [0.15, 0.2) is 42.5 Å². The first kappa shape index (κ1) is 16.4. The van der Waals surface area contributed by atoms with Crippen molar-refractivity contribution in [3.63, 3.8) is 0 Å². The number of hydrogen-bond acceptors (Lipinski definition) is 5. The first-order valence-electron chi connectivity index (χ1n) is 7.26. The summed E-state index contributed by atoms with van der Waals surface area (Å²) in [6.07, 6.45) is 0. The summed E-state index contributed by atoms with van der Waals surface area (Å²) >= 11 is 0. The highest BCUT2D eigenvalue weighted by Crippen LogP contribution is 2.36. The Labute approximate surface area is 142 Å². The van der Waals surface area contributed by atoms with Gasteiger partial charge in [0.25, 0.3) is 0 Å². The van der Waals surface area contributed by atoms with Crippen LogP contribution in [0.3, 0.4) is 0 Å². The molecule has 1 aliphatic rings. The van der Waals surface area contributed by atoms with Gasteiger partial charge in [-0.2, -0.15) is 0 Å². The van der Waals surface area contributed by atoms with E-state index in [2.05, 4.69) is 0 Å². The van der Waals surface area contributed by atoms with E-state index in [9.17, 15) is 19.8 Å². The molecule has 0 unspecified atom stereocenters. The van der Waals surface area contributed by atoms with Gasteiger partial charge in [0.1, 0.15) is 5.75 Å². The van der Waals surface area contributed by atoms with Gasteiger partial charge in [0.2, 0.25) is 6.79 Å². The third-order valence-corrected chi connectivity index (χ3v) is 3.72. The number of ether oxygens (including phenoxy) is 3. The maximum Gasteiger partial charge on any atom is 0.337 e. The van der Waals surface area contributed by atoms with Crippen LogP contribution in [0.25, 0.3) is 11.1 Å². The van der Waals surface area contributed by atoms with E-state index in [-0.39, 0.29) is 29.1 Å². The number of fused-ring (bicyclic) bond motifs is 1. The second-order valence-electron chi connectivity index (χ2n) is 5.16. The molecule has 3 rings (SSSR count). The van der Waals surface area contributed by atoms with Crippen LogP contribution in [0.1, 0.15) is 11.1 Å². The van der Waals surface area contributed by atoms with Crippen LogP contribution < -0.4 is 14.2 Å². The average Bonchev–Trinajstić information content (AvgIpc) is 3.06. The number of benzene rings is 2. The van der Waals surface area contributed by atoms with E-state index < -0.39 is 11.9 Å². The van der Waals surface area contributed by atoms with Crippen molar-refractivity contribution in [2.75, 3.05) is 13.9 Å². The van der Waals surface area contributed by atoms with Crippen molar-refractivity contribution >= 4 is 23.1 Å². The Bertz CT molecular complexity index is 865. The summed E-state index contributed by atoms with van der Waals surface area (Å²) in [6, 6.07) is 10.6. The molecular formula is C18H14O7. The van der Waals surface area contributed by atoms with Crippen molar-refractivity contribution in [1.82, 2.24) is 0 Å². The van der Waals surface area contributed by atoms with Crippen LogP contribution in [0.5, 0.6) is 17.2 Å². The zero-order valence-electron chi connectivity index (χ0n) is 13.2. The highest BCUT2D eigenvalue weighted by atomic mass is 16.7. The molecule has 0 spiro atoms. The van der Waals surface area contributed by atoms with Crippen LogP contribution in [0.2, 0.25) is 0 Å². The molecule has 0 amide bonds. The summed E-state index contributed by atoms with van der Waals surface area (Å²) in [5.74, 6) is -1.31. The standard InChI is InChI=1S/C18H14O7/c1-23-12-5-2-10(3-6-12)15(17(19)20)16(18(21)22)11-4-7-13-14(8-11)25-9-24-13/h2-8H,9H2,1H3,(H,19,20)(H,21,22). The number of carbonyl (C=O) groups is 2. The van der Waals surface area contributed by atoms with E-state index >= 15 is 0 Å². The number of aliphatic carboxylic acids is 2. The van der Waals surface area contributed by atoms with Gasteiger partial charge in [-0.05, 0) is 35.4 Å². The number of carboxylic acids is 2. The smallest absolute Gasteiger partial charge is 0.337 e. The van der Waals surface area contributed by atoms with Crippen LogP contribution in [0, 0.1) is 0 Å². The molecule has 1 heterocycles. The molecule has 0 aliphatic carbocycles. The lowest BCUT2D eigenvalue weighted by atomic mass is 9.94. The summed E-state index contributed by atoms with van der Waals surface area (Å²) in [5, 5.41) is 19.3. The Morgan fingerprint density at radius 2 is 1.44 bits per heavy atom. The van der Waals surface area contributed by atoms with Crippen molar-refractivity contribution < 1.29 is 34.0 Å². The minimum Gasteiger partial charge on any atom is -0.497 e. The van der Waals surface area contributed by atoms with E-state index in [1.807, 2.05) is 0 Å². The van der Waals surface area contributed by atoms with Gasteiger partial charge in [-0.3, -0.25) is 0 Å². The van der Waals surface area contributed by atoms with Crippen LogP contribution in [-0.2, 0) is 9.59 Å². The molecule has 0 saturated heterocycles. The molecule has 7 heteroatoms. The van der Waals surface area contributed by atoms with Crippen molar-refractivity contribution in [1.29, 1.82) is 0 Å². The first-order valence-corrected chi connectivity index (χ1v) is 7.26. The molecule has 0 saturated carbocycles. The summed E-state index contributed by atoms with van der Waals surface area (Å²) in [6.45, 7) is 0.0369. The van der Waals surface area contributed by atoms with E-state index in [4.69, 9.17) is 14.2 Å². The number of rotatable bonds is 5. The molecule has 0 fully saturated rings. The van der Waals surface area contributed by atoms with Gasteiger partial charge in [-0.25, -0.2) is 9.59 Å². The van der Waals surface area contributed by atoms with Crippen LogP contribution in [-0.4, -0.2) is 36.1 Å². The minimum atomic E-state index is -1.35. The fraction of sp³-hybridized carbons (Fsp3) is 0.111. The second kappa shape index (κ2) is 6.56. The molecule has 2 aromatic carbocycles. The Balaban J connectivity index is 2.19. The summed E-state index contributed by atoms with van der Waals surface area (Å²) in [4.78, 5) is 23.6. The Morgan fingerprint density at radius 1 is 0.880 bits per heavy atom. The Morgan fingerprint density at radius 3 is 2.04 bits per heavy atom. The normalized spacial score (nSPS) is 13.2. The maximum atomic E-state index is 11.8. The molecule has 25 heavy (non-hydrogen) atoms. The highest BCUT2D eigenvalue weighted by molar-refractivity contribution is 6.36. The molecule has 0 radical (unpaired) electrons. The van der Waals surface area contributed by atoms with Crippen molar-refractivity contribution in [3.05, 3.63) is 53.6 Å². The number of methoxy groups -OCH3 is 1. The highest BCUT2D eigenvalue weighted by Gasteiger charge is 2.25. The SMILES string of the molecule is COc1ccc(C(C(=O)O)=C(C(=O)O)c2ccc3c(c2)OCO3)cc1. The average molecular weight is 342 g/mol. The lowest BCUT2D eigenvalue weighted by Gasteiger charge is -2.11. The van der Waals surface area contributed by atoms with Gasteiger partial charge in [0.05, 0.1) is 18.3 Å². The van der Waals surface area contributed by atoms with Gasteiger partial charge in [-0.1, -0.05) is 18.2 Å². The fourth-order valence-electron chi connectivity index (χ4n) is 2.56. The molecule has 7 nitrogen and oxygen atoms in total. The van der Waals surface area contributed by atoms with E-state index in [0.717, 1.165) is 0 Å². The van der Waals surface area contributed by atoms with E-state index in [1.54, 1.807) is 18.2 Å². The maximum absolute atomic E-state index is 11.8. The fourth-order valence-corrected chi connectivity index (χ4v) is 2.56. The van der Waals surface area contributed by atoms with Gasteiger partial charge in [-0.15, -0.1) is 0 Å². The van der Waals surface area contributed by atoms with Crippen molar-refractivity contribution in [2.45, 2.75) is 0 Å². The number of hydrogen-bond donors (Lipinski definition) is 2. The Kier molecular flexibility index (Phi) is 4.30. The molecular weight excluding hydrogens is 328 g/mol. The molecule has 1 aliphatic heterocycles. The molecule has 2 aromatic rings. The number of carboxylic acid groups (broad SMARTS) is 2. The predicted octanol–water partition coefficient (Wildman–Crippen LogP) is 2.50. The van der Waals surface area contributed by atoms with Crippen LogP contribution in [0.4, 0.5) is 0 Å². The molecule has 0 atom stereocenters. The largest absolute Gasteiger partial charge is 0.497 e. The third-order valence-electron chi connectivity index (χ3n) is 3.72. The summed E-state index contributed by atoms with van der Waals surface area (Å²) in [5.41, 5.74) is -0.196. The molecule has 0 bridgehead atoms. The van der Waals surface area contributed by atoms with Crippen LogP contribution >= 0.6 is 0 Å². The summed E-state index contributed by atoms with van der Waals surface area (Å²) < 4.78 is 15.5. The quantitative estimate of drug-likeness (QED) is 0.636. The van der Waals surface area contributed by atoms with Gasteiger partial charge in [0.15, 0.2) is 11.5 Å². The lowest BCUT2D eigenvalue weighted by Crippen LogP contribution is -2.10. The lowest BCUT2D eigenvalue weighted by molar-refractivity contribution is -0.132. The topological polar surface area (TPSA) is 102 Å². The van der Waals surface area contributed by atoms with Gasteiger partial charge >= 0.3 is 11.9 Å². The third kappa shape index (κ3) is 3.12. The zero-order chi connectivity index (χ0) is 18.0. The molecule has 2 N–H and O–H groups in total. The Hall–Kier alpha value is -3.48. The van der Waals surface area contributed by atoms with Gasteiger partial charge < -0.3 is 24.4 Å². The molecule has 128 valence electrons.